The molecular weight excluding hydrogens is 524 g/mol. The summed E-state index contributed by atoms with van der Waals surface area (Å²) in [6.07, 6.45) is 3.63. The molecule has 212 valence electrons. The summed E-state index contributed by atoms with van der Waals surface area (Å²) in [6.45, 7) is 7.07. The number of aromatic nitrogens is 5. The van der Waals surface area contributed by atoms with Crippen LogP contribution in [-0.2, 0) is 19.5 Å². The molecule has 0 unspecified atom stereocenters. The maximum absolute atomic E-state index is 13.8. The molecule has 1 aromatic carbocycles. The lowest BCUT2D eigenvalue weighted by molar-refractivity contribution is 0.00152. The average Bonchev–Trinajstić information content (AvgIpc) is 3.27. The lowest BCUT2D eigenvalue weighted by Crippen LogP contribution is -2.35. The molecule has 0 amide bonds. The number of ether oxygens (including phenoxy) is 4. The lowest BCUT2D eigenvalue weighted by atomic mass is 9.81. The van der Waals surface area contributed by atoms with E-state index in [2.05, 4.69) is 24.9 Å². The molecule has 0 bridgehead atoms. The van der Waals surface area contributed by atoms with E-state index in [1.807, 2.05) is 20.8 Å². The molecule has 1 aliphatic rings. The van der Waals surface area contributed by atoms with Gasteiger partial charge in [-0.05, 0) is 58.2 Å². The van der Waals surface area contributed by atoms with Gasteiger partial charge in [-0.3, -0.25) is 9.29 Å². The van der Waals surface area contributed by atoms with E-state index in [9.17, 15) is 8.42 Å². The summed E-state index contributed by atoms with van der Waals surface area (Å²) in [5.41, 5.74) is 1.35. The number of methoxy groups -OCH3 is 3. The maximum atomic E-state index is 13.8. The van der Waals surface area contributed by atoms with Crippen molar-refractivity contribution in [2.24, 2.45) is 0 Å². The van der Waals surface area contributed by atoms with Gasteiger partial charge in [0.25, 0.3) is 0 Å². The predicted molar refractivity (Wildman–Crippen MR) is 145 cm³/mol. The number of sulfonamides is 1. The van der Waals surface area contributed by atoms with E-state index in [0.29, 0.717) is 23.0 Å². The quantitative estimate of drug-likeness (QED) is 0.350. The summed E-state index contributed by atoms with van der Waals surface area (Å²) >= 11 is 0. The molecule has 0 spiro atoms. The highest BCUT2D eigenvalue weighted by Crippen LogP contribution is 2.43. The summed E-state index contributed by atoms with van der Waals surface area (Å²) in [7, 11) is 0.654. The molecule has 2 aromatic heterocycles. The zero-order valence-corrected chi connectivity index (χ0v) is 24.1. The van der Waals surface area contributed by atoms with Crippen LogP contribution in [0.5, 0.6) is 11.5 Å². The van der Waals surface area contributed by atoms with Crippen LogP contribution in [0.1, 0.15) is 62.8 Å². The first-order valence-corrected chi connectivity index (χ1v) is 14.3. The Morgan fingerprint density at radius 3 is 2.15 bits per heavy atom. The fraction of sp³-hybridized carbons (Fsp3) is 0.538. The highest BCUT2D eigenvalue weighted by Gasteiger charge is 2.39. The summed E-state index contributed by atoms with van der Waals surface area (Å²) in [5, 5.41) is 7.60. The Balaban J connectivity index is 1.77. The number of nitrogens with one attached hydrogen (secondary N) is 1. The number of anilines is 1. The minimum Gasteiger partial charge on any atom is -0.494 e. The second kappa shape index (κ2) is 11.8. The van der Waals surface area contributed by atoms with Gasteiger partial charge < -0.3 is 18.9 Å². The standard InChI is InChI=1S/C26H36N6O6S/c1-15(2)38-23(24-27-13-16(3)14-28-24)17(4)39(33,34)31-26-30-29-25(18-11-19(12-18)35-5)32(26)22-20(36-6)9-8-10-21(22)37-7/h8-10,13-15,17-19,23H,11-12H2,1-7H3,(H,30,31)/t17-,18?,19?,23+/m0/s1. The fourth-order valence-electron chi connectivity index (χ4n) is 4.48. The Kier molecular flexibility index (Phi) is 8.72. The van der Waals surface area contributed by atoms with Gasteiger partial charge in [-0.15, -0.1) is 10.2 Å². The van der Waals surface area contributed by atoms with E-state index >= 15 is 0 Å². The van der Waals surface area contributed by atoms with Gasteiger partial charge in [0.1, 0.15) is 34.4 Å². The molecule has 2 atom stereocenters. The molecule has 13 heteroatoms. The second-order valence-corrected chi connectivity index (χ2v) is 11.9. The van der Waals surface area contributed by atoms with Crippen LogP contribution < -0.4 is 14.2 Å². The minimum atomic E-state index is -4.09. The van der Waals surface area contributed by atoms with Gasteiger partial charge in [0, 0.05) is 25.4 Å². The lowest BCUT2D eigenvalue weighted by Gasteiger charge is -2.33. The zero-order valence-electron chi connectivity index (χ0n) is 23.3. The van der Waals surface area contributed by atoms with Crippen molar-refractivity contribution in [3.05, 3.63) is 47.8 Å². The summed E-state index contributed by atoms with van der Waals surface area (Å²) < 4.78 is 54.6. The largest absolute Gasteiger partial charge is 0.494 e. The molecule has 1 saturated carbocycles. The van der Waals surface area contributed by atoms with E-state index < -0.39 is 21.4 Å². The van der Waals surface area contributed by atoms with Crippen LogP contribution in [-0.4, -0.2) is 71.9 Å². The monoisotopic (exact) mass is 560 g/mol. The Morgan fingerprint density at radius 1 is 1.00 bits per heavy atom. The van der Waals surface area contributed by atoms with Crippen LogP contribution in [0.25, 0.3) is 5.69 Å². The van der Waals surface area contributed by atoms with Crippen molar-refractivity contribution in [2.75, 3.05) is 26.1 Å². The van der Waals surface area contributed by atoms with Crippen LogP contribution in [0.3, 0.4) is 0 Å². The molecule has 2 heterocycles. The normalized spacial score (nSPS) is 18.9. The van der Waals surface area contributed by atoms with Gasteiger partial charge in [-0.1, -0.05) is 6.07 Å². The Labute approximate surface area is 229 Å². The number of hydrogen-bond donors (Lipinski definition) is 1. The average molecular weight is 561 g/mol. The molecule has 39 heavy (non-hydrogen) atoms. The number of hydrogen-bond acceptors (Lipinski definition) is 10. The molecule has 0 saturated heterocycles. The number of nitrogens with zero attached hydrogens (tertiary/aromatic N) is 5. The first-order chi connectivity index (χ1) is 18.6. The maximum Gasteiger partial charge on any atom is 0.243 e. The molecular formula is C26H36N6O6S. The SMILES string of the molecule is COc1cccc(OC)c1-n1c(NS(=O)(=O)[C@@H](C)[C@@H](OC(C)C)c2ncc(C)cn2)nnc1C1CC(OC)C1. The molecule has 0 radical (unpaired) electrons. The van der Waals surface area contributed by atoms with E-state index in [1.165, 1.54) is 14.2 Å². The first-order valence-electron chi connectivity index (χ1n) is 12.7. The van der Waals surface area contributed by atoms with Crippen molar-refractivity contribution in [1.29, 1.82) is 0 Å². The summed E-state index contributed by atoms with van der Waals surface area (Å²) in [4.78, 5) is 8.68. The van der Waals surface area contributed by atoms with Gasteiger partial charge >= 0.3 is 0 Å². The van der Waals surface area contributed by atoms with Crippen LogP contribution in [0, 0.1) is 6.92 Å². The molecule has 4 rings (SSSR count). The van der Waals surface area contributed by atoms with Gasteiger partial charge in [0.05, 0.1) is 26.4 Å². The van der Waals surface area contributed by atoms with Crippen molar-refractivity contribution in [2.45, 2.75) is 70.0 Å². The Bertz CT molecular complexity index is 1350. The molecule has 12 nitrogen and oxygen atoms in total. The Hall–Kier alpha value is -3.29. The van der Waals surface area contributed by atoms with Gasteiger partial charge in [0.2, 0.25) is 16.0 Å². The molecule has 3 aromatic rings. The van der Waals surface area contributed by atoms with E-state index in [4.69, 9.17) is 18.9 Å². The van der Waals surface area contributed by atoms with Crippen molar-refractivity contribution in [3.63, 3.8) is 0 Å². The summed E-state index contributed by atoms with van der Waals surface area (Å²) in [6, 6.07) is 5.32. The van der Waals surface area contributed by atoms with E-state index in [-0.39, 0.29) is 29.9 Å². The number of aryl methyl sites for hydroxylation is 1. The summed E-state index contributed by atoms with van der Waals surface area (Å²) in [5.74, 6) is 1.81. The van der Waals surface area contributed by atoms with Crippen molar-refractivity contribution < 1.29 is 27.4 Å². The van der Waals surface area contributed by atoms with Gasteiger partial charge in [0.15, 0.2) is 5.82 Å². The van der Waals surface area contributed by atoms with Crippen LogP contribution in [0.4, 0.5) is 5.95 Å². The highest BCUT2D eigenvalue weighted by atomic mass is 32.2. The fourth-order valence-corrected chi connectivity index (χ4v) is 5.56. The second-order valence-electron chi connectivity index (χ2n) is 9.83. The smallest absolute Gasteiger partial charge is 0.243 e. The predicted octanol–water partition coefficient (Wildman–Crippen LogP) is 3.57. The Morgan fingerprint density at radius 2 is 1.62 bits per heavy atom. The molecule has 1 N–H and O–H groups in total. The van der Waals surface area contributed by atoms with Gasteiger partial charge in [-0.2, -0.15) is 0 Å². The molecule has 0 aliphatic heterocycles. The number of rotatable bonds is 12. The highest BCUT2D eigenvalue weighted by molar-refractivity contribution is 7.93. The third-order valence-electron chi connectivity index (χ3n) is 6.73. The van der Waals surface area contributed by atoms with E-state index in [0.717, 1.165) is 18.4 Å². The van der Waals surface area contributed by atoms with Crippen molar-refractivity contribution >= 4 is 16.0 Å². The third kappa shape index (κ3) is 5.99. The van der Waals surface area contributed by atoms with Crippen molar-refractivity contribution in [3.8, 4) is 17.2 Å². The van der Waals surface area contributed by atoms with Gasteiger partial charge in [-0.25, -0.2) is 18.4 Å². The number of benzene rings is 1. The molecule has 1 fully saturated rings. The minimum absolute atomic E-state index is 0.00530. The van der Waals surface area contributed by atoms with Crippen LogP contribution in [0.15, 0.2) is 30.6 Å². The zero-order chi connectivity index (χ0) is 28.3. The van der Waals surface area contributed by atoms with Crippen LogP contribution in [0.2, 0.25) is 0 Å². The van der Waals surface area contributed by atoms with Crippen LogP contribution >= 0.6 is 0 Å². The first kappa shape index (κ1) is 28.7. The topological polar surface area (TPSA) is 140 Å². The number of para-hydroxylation sites is 1. The molecule has 1 aliphatic carbocycles. The van der Waals surface area contributed by atoms with Crippen molar-refractivity contribution in [1.82, 2.24) is 24.7 Å². The third-order valence-corrected chi connectivity index (χ3v) is 8.42. The van der Waals surface area contributed by atoms with E-state index in [1.54, 1.807) is 49.2 Å².